The molecule has 0 aliphatic heterocycles. The Morgan fingerprint density at radius 1 is 1.16 bits per heavy atom. The molecular formula is C22H23N5O4S. The van der Waals surface area contributed by atoms with Gasteiger partial charge in [0.25, 0.3) is 5.91 Å². The lowest BCUT2D eigenvalue weighted by Gasteiger charge is -2.08. The largest absolute Gasteiger partial charge is 0.486 e. The number of nitrogens with one attached hydrogen (secondary N) is 1. The minimum absolute atomic E-state index is 0.220. The summed E-state index contributed by atoms with van der Waals surface area (Å²) in [5.41, 5.74) is 1.44. The van der Waals surface area contributed by atoms with E-state index < -0.39 is 0 Å². The highest BCUT2D eigenvalue weighted by atomic mass is 32.1. The fourth-order valence-corrected chi connectivity index (χ4v) is 4.29. The molecule has 0 radical (unpaired) electrons. The van der Waals surface area contributed by atoms with Gasteiger partial charge in [0, 0.05) is 32.2 Å². The number of aryl methyl sites for hydroxylation is 2. The van der Waals surface area contributed by atoms with Gasteiger partial charge in [0.15, 0.2) is 5.82 Å². The number of hydrogen-bond donors (Lipinski definition) is 1. The van der Waals surface area contributed by atoms with Crippen LogP contribution < -0.4 is 14.8 Å². The van der Waals surface area contributed by atoms with Crippen LogP contribution in [-0.4, -0.2) is 39.6 Å². The van der Waals surface area contributed by atoms with E-state index in [0.29, 0.717) is 39.5 Å². The molecule has 10 heteroatoms. The van der Waals surface area contributed by atoms with Gasteiger partial charge in [0.1, 0.15) is 29.6 Å². The number of hydrogen-bond acceptors (Lipinski definition) is 8. The van der Waals surface area contributed by atoms with E-state index >= 15 is 0 Å². The van der Waals surface area contributed by atoms with Crippen LogP contribution in [0.2, 0.25) is 0 Å². The second-order valence-electron chi connectivity index (χ2n) is 7.04. The molecule has 0 atom stereocenters. The number of ether oxygens (including phenoxy) is 3. The van der Waals surface area contributed by atoms with Crippen molar-refractivity contribution < 1.29 is 19.0 Å². The van der Waals surface area contributed by atoms with Crippen molar-refractivity contribution in [3.63, 3.8) is 0 Å². The normalized spacial score (nSPS) is 11.0. The fourth-order valence-electron chi connectivity index (χ4n) is 3.21. The molecule has 0 spiro atoms. The predicted molar refractivity (Wildman–Crippen MR) is 121 cm³/mol. The number of benzene rings is 1. The monoisotopic (exact) mass is 453 g/mol. The topological polar surface area (TPSA) is 100 Å². The molecule has 32 heavy (non-hydrogen) atoms. The molecule has 4 aromatic rings. The fraction of sp³-hybridized carbons (Fsp3) is 0.273. The smallest absolute Gasteiger partial charge is 0.266 e. The summed E-state index contributed by atoms with van der Waals surface area (Å²) in [4.78, 5) is 27.3. The van der Waals surface area contributed by atoms with Gasteiger partial charge in [-0.05, 0) is 36.8 Å². The molecule has 0 fully saturated rings. The first-order valence-electron chi connectivity index (χ1n) is 9.83. The van der Waals surface area contributed by atoms with Crippen LogP contribution in [0.25, 0.3) is 10.2 Å². The average Bonchev–Trinajstić information content (AvgIpc) is 3.35. The number of carbonyl (C=O) groups excluding carboxylic acids is 1. The van der Waals surface area contributed by atoms with Crippen molar-refractivity contribution in [2.45, 2.75) is 20.1 Å². The Bertz CT molecular complexity index is 1250. The lowest BCUT2D eigenvalue weighted by atomic mass is 10.2. The molecule has 0 aliphatic carbocycles. The van der Waals surface area contributed by atoms with Crippen molar-refractivity contribution in [3.05, 3.63) is 58.7 Å². The van der Waals surface area contributed by atoms with Gasteiger partial charge in [-0.2, -0.15) is 4.98 Å². The molecule has 1 N–H and O–H groups in total. The number of amides is 1. The first-order chi connectivity index (χ1) is 15.5. The maximum absolute atomic E-state index is 13.0. The minimum atomic E-state index is -0.220. The quantitative estimate of drug-likeness (QED) is 0.434. The molecule has 0 saturated carbocycles. The minimum Gasteiger partial charge on any atom is -0.486 e. The maximum Gasteiger partial charge on any atom is 0.266 e. The molecule has 0 aliphatic rings. The van der Waals surface area contributed by atoms with E-state index in [9.17, 15) is 4.79 Å². The van der Waals surface area contributed by atoms with Crippen LogP contribution in [0.3, 0.4) is 0 Å². The summed E-state index contributed by atoms with van der Waals surface area (Å²) >= 11 is 1.30. The first kappa shape index (κ1) is 21.7. The van der Waals surface area contributed by atoms with Crippen molar-refractivity contribution in [1.82, 2.24) is 19.5 Å². The highest BCUT2D eigenvalue weighted by Crippen LogP contribution is 2.35. The van der Waals surface area contributed by atoms with Gasteiger partial charge in [-0.1, -0.05) is 0 Å². The van der Waals surface area contributed by atoms with Gasteiger partial charge in [-0.3, -0.25) is 4.79 Å². The molecule has 166 valence electrons. The molecule has 0 unspecified atom stereocenters. The van der Waals surface area contributed by atoms with Crippen LogP contribution in [0.15, 0.2) is 36.7 Å². The van der Waals surface area contributed by atoms with Gasteiger partial charge in [0.05, 0.1) is 17.4 Å². The number of imidazole rings is 1. The lowest BCUT2D eigenvalue weighted by molar-refractivity contribution is 0.103. The van der Waals surface area contributed by atoms with Crippen LogP contribution in [0, 0.1) is 6.92 Å². The number of anilines is 1. The summed E-state index contributed by atoms with van der Waals surface area (Å²) in [6.45, 7) is 2.49. The molecule has 4 rings (SSSR count). The predicted octanol–water partition coefficient (Wildman–Crippen LogP) is 3.72. The van der Waals surface area contributed by atoms with Gasteiger partial charge in [-0.25, -0.2) is 9.97 Å². The van der Waals surface area contributed by atoms with Crippen LogP contribution >= 0.6 is 11.3 Å². The SMILES string of the molecule is COCc1nc(OC)c2c(C)c(C(=O)Nc3ccc(OCc4nccn4C)cc3)sc2n1. The van der Waals surface area contributed by atoms with Crippen LogP contribution in [0.4, 0.5) is 5.69 Å². The third kappa shape index (κ3) is 4.41. The van der Waals surface area contributed by atoms with Crippen molar-refractivity contribution in [2.24, 2.45) is 7.05 Å². The number of fused-ring (bicyclic) bond motifs is 1. The summed E-state index contributed by atoms with van der Waals surface area (Å²) in [7, 11) is 5.04. The Balaban J connectivity index is 1.49. The van der Waals surface area contributed by atoms with Crippen LogP contribution in [0.5, 0.6) is 11.6 Å². The summed E-state index contributed by atoms with van der Waals surface area (Å²) < 4.78 is 18.2. The van der Waals surface area contributed by atoms with Crippen molar-refractivity contribution in [2.75, 3.05) is 19.5 Å². The van der Waals surface area contributed by atoms with Gasteiger partial charge in [-0.15, -0.1) is 11.3 Å². The standard InChI is InChI=1S/C22H23N5O4S/c1-13-18-21(30-4)25-16(11-29-3)26-22(18)32-19(13)20(28)24-14-5-7-15(8-6-14)31-12-17-23-9-10-27(17)2/h5-10H,11-12H2,1-4H3,(H,24,28). The van der Waals surface area contributed by atoms with Crippen molar-refractivity contribution in [3.8, 4) is 11.6 Å². The summed E-state index contributed by atoms with van der Waals surface area (Å²) in [5, 5.41) is 3.67. The zero-order valence-corrected chi connectivity index (χ0v) is 19.0. The summed E-state index contributed by atoms with van der Waals surface area (Å²) in [6.07, 6.45) is 3.60. The molecule has 1 aromatic carbocycles. The van der Waals surface area contributed by atoms with Gasteiger partial charge >= 0.3 is 0 Å². The van der Waals surface area contributed by atoms with Gasteiger partial charge in [0.2, 0.25) is 5.88 Å². The Morgan fingerprint density at radius 2 is 1.94 bits per heavy atom. The first-order valence-corrected chi connectivity index (χ1v) is 10.6. The third-order valence-electron chi connectivity index (χ3n) is 4.88. The number of nitrogens with zero attached hydrogens (tertiary/aromatic N) is 4. The van der Waals surface area contributed by atoms with Gasteiger partial charge < -0.3 is 24.1 Å². The molecule has 9 nitrogen and oxygen atoms in total. The van der Waals surface area contributed by atoms with E-state index in [0.717, 1.165) is 16.8 Å². The van der Waals surface area contributed by atoms with E-state index in [1.54, 1.807) is 32.5 Å². The number of methoxy groups -OCH3 is 2. The molecule has 0 saturated heterocycles. The third-order valence-corrected chi connectivity index (χ3v) is 6.06. The number of carbonyl (C=O) groups is 1. The Kier molecular flexibility index (Phi) is 6.33. The Hall–Kier alpha value is -3.50. The number of aromatic nitrogens is 4. The summed E-state index contributed by atoms with van der Waals surface area (Å²) in [6, 6.07) is 7.21. The lowest BCUT2D eigenvalue weighted by Crippen LogP contribution is -2.11. The average molecular weight is 454 g/mol. The summed E-state index contributed by atoms with van der Waals surface area (Å²) in [5.74, 6) is 2.24. The van der Waals surface area contributed by atoms with Crippen molar-refractivity contribution >= 4 is 33.1 Å². The van der Waals surface area contributed by atoms with E-state index in [-0.39, 0.29) is 12.5 Å². The Labute approximate surface area is 189 Å². The van der Waals surface area contributed by atoms with E-state index in [2.05, 4.69) is 20.3 Å². The zero-order chi connectivity index (χ0) is 22.7. The van der Waals surface area contributed by atoms with Crippen LogP contribution in [-0.2, 0) is 25.0 Å². The Morgan fingerprint density at radius 3 is 2.59 bits per heavy atom. The highest BCUT2D eigenvalue weighted by Gasteiger charge is 2.21. The molecule has 3 aromatic heterocycles. The van der Waals surface area contributed by atoms with Crippen molar-refractivity contribution in [1.29, 1.82) is 0 Å². The highest BCUT2D eigenvalue weighted by molar-refractivity contribution is 7.20. The number of thiophene rings is 1. The molecule has 0 bridgehead atoms. The number of rotatable bonds is 8. The molecule has 1 amide bonds. The zero-order valence-electron chi connectivity index (χ0n) is 18.2. The second-order valence-corrected chi connectivity index (χ2v) is 8.04. The van der Waals surface area contributed by atoms with E-state index in [1.165, 1.54) is 11.3 Å². The second kappa shape index (κ2) is 9.33. The van der Waals surface area contributed by atoms with E-state index in [1.807, 2.05) is 36.9 Å². The molecule has 3 heterocycles. The maximum atomic E-state index is 13.0. The van der Waals surface area contributed by atoms with E-state index in [4.69, 9.17) is 14.2 Å². The molecular weight excluding hydrogens is 430 g/mol. The van der Waals surface area contributed by atoms with Crippen LogP contribution in [0.1, 0.15) is 26.9 Å².